The van der Waals surface area contributed by atoms with Gasteiger partial charge in [-0.15, -0.1) is 0 Å². The van der Waals surface area contributed by atoms with Crippen molar-refractivity contribution in [2.24, 2.45) is 10.7 Å². The second kappa shape index (κ2) is 6.72. The monoisotopic (exact) mass is 338 g/mol. The van der Waals surface area contributed by atoms with Crippen LogP contribution in [0, 0.1) is 6.92 Å². The molecule has 0 unspecified atom stereocenters. The Hall–Kier alpha value is -2.86. The Balaban J connectivity index is 1.76. The van der Waals surface area contributed by atoms with Crippen molar-refractivity contribution in [1.29, 1.82) is 0 Å². The van der Waals surface area contributed by atoms with Crippen LogP contribution in [0.1, 0.15) is 21.5 Å². The lowest BCUT2D eigenvalue weighted by atomic mass is 10.1. The van der Waals surface area contributed by atoms with Crippen LogP contribution >= 0.6 is 11.8 Å². The summed E-state index contributed by atoms with van der Waals surface area (Å²) in [5.74, 6) is -0.391. The molecule has 3 rings (SSSR count). The van der Waals surface area contributed by atoms with Crippen molar-refractivity contribution in [2.45, 2.75) is 6.92 Å². The summed E-state index contributed by atoms with van der Waals surface area (Å²) in [5.41, 5.74) is 7.80. The van der Waals surface area contributed by atoms with Crippen LogP contribution in [0.3, 0.4) is 0 Å². The first-order valence-corrected chi connectivity index (χ1v) is 8.00. The lowest BCUT2D eigenvalue weighted by molar-refractivity contribution is -0.113. The van der Waals surface area contributed by atoms with E-state index in [4.69, 9.17) is 10.5 Å². The maximum Gasteiger partial charge on any atom is 0.343 e. The third-order valence-corrected chi connectivity index (χ3v) is 4.10. The van der Waals surface area contributed by atoms with Gasteiger partial charge in [-0.1, -0.05) is 29.8 Å². The summed E-state index contributed by atoms with van der Waals surface area (Å²) in [4.78, 5) is 27.9. The summed E-state index contributed by atoms with van der Waals surface area (Å²) in [7, 11) is 0. The Morgan fingerprint density at radius 2 is 1.96 bits per heavy atom. The summed E-state index contributed by atoms with van der Waals surface area (Å²) >= 11 is 1.12. The van der Waals surface area contributed by atoms with Crippen molar-refractivity contribution in [3.8, 4) is 5.75 Å². The van der Waals surface area contributed by atoms with Crippen molar-refractivity contribution in [1.82, 2.24) is 0 Å². The number of carbonyl (C=O) groups excluding carboxylic acids is 2. The van der Waals surface area contributed by atoms with Crippen molar-refractivity contribution in [2.75, 3.05) is 0 Å². The first-order chi connectivity index (χ1) is 11.5. The van der Waals surface area contributed by atoms with Crippen LogP contribution in [0.15, 0.2) is 58.4 Å². The van der Waals surface area contributed by atoms with Gasteiger partial charge in [0.1, 0.15) is 5.75 Å². The van der Waals surface area contributed by atoms with E-state index in [9.17, 15) is 9.59 Å². The van der Waals surface area contributed by atoms with Gasteiger partial charge in [0.25, 0.3) is 5.91 Å². The Morgan fingerprint density at radius 1 is 1.21 bits per heavy atom. The molecule has 0 atom stereocenters. The molecule has 0 bridgehead atoms. The van der Waals surface area contributed by atoms with Gasteiger partial charge >= 0.3 is 5.97 Å². The number of ether oxygens (including phenoxy) is 1. The number of hydrogen-bond donors (Lipinski definition) is 1. The van der Waals surface area contributed by atoms with Crippen LogP contribution in [0.2, 0.25) is 0 Å². The molecule has 0 radical (unpaired) electrons. The van der Waals surface area contributed by atoms with Gasteiger partial charge in [0.2, 0.25) is 0 Å². The molecule has 0 saturated heterocycles. The van der Waals surface area contributed by atoms with Gasteiger partial charge in [-0.3, -0.25) is 4.79 Å². The fourth-order valence-electron chi connectivity index (χ4n) is 2.10. The van der Waals surface area contributed by atoms with Gasteiger partial charge in [0, 0.05) is 0 Å². The number of aryl methyl sites for hydroxylation is 1. The second-order valence-electron chi connectivity index (χ2n) is 5.19. The van der Waals surface area contributed by atoms with Crippen LogP contribution < -0.4 is 10.5 Å². The van der Waals surface area contributed by atoms with Gasteiger partial charge in [-0.2, -0.15) is 4.99 Å². The topological polar surface area (TPSA) is 81.8 Å². The fourth-order valence-corrected chi connectivity index (χ4v) is 2.78. The zero-order valence-electron chi connectivity index (χ0n) is 12.9. The molecule has 1 aliphatic rings. The van der Waals surface area contributed by atoms with E-state index in [2.05, 4.69) is 4.99 Å². The van der Waals surface area contributed by atoms with Gasteiger partial charge in [-0.05, 0) is 54.6 Å². The summed E-state index contributed by atoms with van der Waals surface area (Å²) in [5, 5.41) is 0.230. The minimum atomic E-state index is -0.432. The second-order valence-corrected chi connectivity index (χ2v) is 6.26. The minimum Gasteiger partial charge on any atom is -0.423 e. The molecular weight excluding hydrogens is 324 g/mol. The number of rotatable bonds is 3. The van der Waals surface area contributed by atoms with E-state index in [1.165, 1.54) is 0 Å². The number of esters is 1. The van der Waals surface area contributed by atoms with Crippen LogP contribution in [-0.4, -0.2) is 17.0 Å². The Bertz CT molecular complexity index is 870. The molecule has 2 aromatic rings. The molecule has 1 amide bonds. The number of aliphatic imine (C=N–C) groups is 1. The maximum atomic E-state index is 12.1. The molecule has 0 aromatic heterocycles. The molecule has 6 heteroatoms. The highest BCUT2D eigenvalue weighted by atomic mass is 32.2. The van der Waals surface area contributed by atoms with Crippen molar-refractivity contribution >= 4 is 34.9 Å². The normalized spacial score (nSPS) is 15.5. The fraction of sp³-hybridized carbons (Fsp3) is 0.0556. The first kappa shape index (κ1) is 16.0. The smallest absolute Gasteiger partial charge is 0.343 e. The number of carbonyl (C=O) groups is 2. The third kappa shape index (κ3) is 3.72. The predicted octanol–water partition coefficient (Wildman–Crippen LogP) is 3.14. The molecule has 2 N–H and O–H groups in total. The quantitative estimate of drug-likeness (QED) is 0.528. The van der Waals surface area contributed by atoms with Gasteiger partial charge in [0.05, 0.1) is 10.5 Å². The van der Waals surface area contributed by atoms with Crippen LogP contribution in [0.5, 0.6) is 5.75 Å². The molecular formula is C18H14N2O3S. The standard InChI is InChI=1S/C18H14N2O3S/c1-11-5-7-13(8-6-11)17(22)23-14-4-2-3-12(9-14)10-15-16(21)20-18(19)24-15/h2-10H,1H3,(H2,19,20,21)/b15-10-. The van der Waals surface area contributed by atoms with E-state index in [-0.39, 0.29) is 11.1 Å². The average molecular weight is 338 g/mol. The van der Waals surface area contributed by atoms with E-state index in [1.807, 2.05) is 19.1 Å². The third-order valence-electron chi connectivity index (χ3n) is 3.29. The number of benzene rings is 2. The number of hydrogen-bond acceptors (Lipinski definition) is 5. The van der Waals surface area contributed by atoms with Gasteiger partial charge < -0.3 is 10.5 Å². The molecule has 1 heterocycles. The molecule has 1 aliphatic heterocycles. The largest absolute Gasteiger partial charge is 0.423 e. The highest BCUT2D eigenvalue weighted by molar-refractivity contribution is 8.18. The molecule has 2 aromatic carbocycles. The van der Waals surface area contributed by atoms with Crippen molar-refractivity contribution in [3.05, 3.63) is 70.1 Å². The Labute approximate surface area is 143 Å². The molecule has 0 saturated carbocycles. The maximum absolute atomic E-state index is 12.1. The van der Waals surface area contributed by atoms with E-state index in [0.29, 0.717) is 16.2 Å². The summed E-state index contributed by atoms with van der Waals surface area (Å²) in [6.45, 7) is 1.95. The molecule has 120 valence electrons. The van der Waals surface area contributed by atoms with Gasteiger partial charge in [-0.25, -0.2) is 4.79 Å². The zero-order chi connectivity index (χ0) is 17.1. The highest BCUT2D eigenvalue weighted by Gasteiger charge is 2.19. The Kier molecular flexibility index (Phi) is 4.48. The van der Waals surface area contributed by atoms with Crippen LogP contribution in [-0.2, 0) is 4.79 Å². The lowest BCUT2D eigenvalue weighted by Gasteiger charge is -2.05. The van der Waals surface area contributed by atoms with E-state index in [0.717, 1.165) is 22.9 Å². The van der Waals surface area contributed by atoms with Crippen LogP contribution in [0.4, 0.5) is 0 Å². The van der Waals surface area contributed by atoms with Crippen molar-refractivity contribution < 1.29 is 14.3 Å². The zero-order valence-corrected chi connectivity index (χ0v) is 13.7. The number of amides is 1. The molecule has 5 nitrogen and oxygen atoms in total. The molecule has 24 heavy (non-hydrogen) atoms. The van der Waals surface area contributed by atoms with E-state index < -0.39 is 5.97 Å². The van der Waals surface area contributed by atoms with E-state index in [1.54, 1.807) is 42.5 Å². The highest BCUT2D eigenvalue weighted by Crippen LogP contribution is 2.27. The number of nitrogens with two attached hydrogens (primary N) is 1. The van der Waals surface area contributed by atoms with Crippen LogP contribution in [0.25, 0.3) is 6.08 Å². The summed E-state index contributed by atoms with van der Waals surface area (Å²) in [6.07, 6.45) is 1.67. The summed E-state index contributed by atoms with van der Waals surface area (Å²) < 4.78 is 5.38. The average Bonchev–Trinajstić information content (AvgIpc) is 2.86. The van der Waals surface area contributed by atoms with Crippen molar-refractivity contribution in [3.63, 3.8) is 0 Å². The minimum absolute atomic E-state index is 0.230. The lowest BCUT2D eigenvalue weighted by Crippen LogP contribution is -2.08. The predicted molar refractivity (Wildman–Crippen MR) is 94.8 cm³/mol. The molecule has 0 fully saturated rings. The number of amidine groups is 1. The Morgan fingerprint density at radius 3 is 2.62 bits per heavy atom. The number of thioether (sulfide) groups is 1. The number of nitrogens with zero attached hydrogens (tertiary/aromatic N) is 1. The first-order valence-electron chi connectivity index (χ1n) is 7.18. The molecule has 0 aliphatic carbocycles. The van der Waals surface area contributed by atoms with Gasteiger partial charge in [0.15, 0.2) is 5.17 Å². The summed E-state index contributed by atoms with van der Waals surface area (Å²) in [6, 6.07) is 14.1. The molecule has 0 spiro atoms. The SMILES string of the molecule is Cc1ccc(C(=O)Oc2cccc(/C=C3\SC(N)=NC3=O)c2)cc1. The van der Waals surface area contributed by atoms with E-state index >= 15 is 0 Å².